The van der Waals surface area contributed by atoms with Gasteiger partial charge in [-0.3, -0.25) is 0 Å². The SMILES string of the molecule is CC(C)(N)C#Cc1c(F)ccc(Br)c1F. The summed E-state index contributed by atoms with van der Waals surface area (Å²) in [7, 11) is 0. The van der Waals surface area contributed by atoms with Crippen LogP contribution < -0.4 is 5.73 Å². The molecule has 0 aromatic heterocycles. The van der Waals surface area contributed by atoms with Gasteiger partial charge in [0.15, 0.2) is 5.82 Å². The van der Waals surface area contributed by atoms with Crippen LogP contribution >= 0.6 is 15.9 Å². The van der Waals surface area contributed by atoms with Gasteiger partial charge in [0, 0.05) is 0 Å². The van der Waals surface area contributed by atoms with Crippen molar-refractivity contribution >= 4 is 15.9 Å². The number of hydrogen-bond acceptors (Lipinski definition) is 1. The number of halogens is 3. The van der Waals surface area contributed by atoms with Gasteiger partial charge in [0.05, 0.1) is 15.6 Å². The van der Waals surface area contributed by atoms with E-state index in [1.165, 1.54) is 6.07 Å². The highest BCUT2D eigenvalue weighted by atomic mass is 79.9. The molecule has 1 aromatic carbocycles. The highest BCUT2D eigenvalue weighted by Gasteiger charge is 2.11. The second-order valence-corrected chi connectivity index (χ2v) is 4.54. The third kappa shape index (κ3) is 3.29. The van der Waals surface area contributed by atoms with Crippen LogP contribution in [0.15, 0.2) is 16.6 Å². The summed E-state index contributed by atoms with van der Waals surface area (Å²) in [6.07, 6.45) is 0. The Labute approximate surface area is 95.8 Å². The lowest BCUT2D eigenvalue weighted by Gasteiger charge is -2.07. The van der Waals surface area contributed by atoms with Crippen molar-refractivity contribution in [3.8, 4) is 11.8 Å². The first kappa shape index (κ1) is 12.2. The fourth-order valence-corrected chi connectivity index (χ4v) is 1.20. The standard InChI is InChI=1S/C11H10BrF2N/c1-11(2,15)6-5-7-9(13)4-3-8(12)10(7)14/h3-4H,15H2,1-2H3. The Morgan fingerprint density at radius 1 is 1.33 bits per heavy atom. The third-order valence-corrected chi connectivity index (χ3v) is 2.17. The van der Waals surface area contributed by atoms with Gasteiger partial charge in [-0.1, -0.05) is 11.8 Å². The number of nitrogens with two attached hydrogens (primary N) is 1. The van der Waals surface area contributed by atoms with Gasteiger partial charge in [-0.05, 0) is 41.9 Å². The maximum Gasteiger partial charge on any atom is 0.155 e. The maximum atomic E-state index is 13.4. The molecule has 0 saturated heterocycles. The van der Waals surface area contributed by atoms with E-state index in [4.69, 9.17) is 5.73 Å². The summed E-state index contributed by atoms with van der Waals surface area (Å²) in [6.45, 7) is 3.32. The molecule has 80 valence electrons. The third-order valence-electron chi connectivity index (χ3n) is 1.55. The van der Waals surface area contributed by atoms with Crippen molar-refractivity contribution in [3.05, 3.63) is 33.8 Å². The quantitative estimate of drug-likeness (QED) is 0.571. The molecule has 2 N–H and O–H groups in total. The molecule has 1 aromatic rings. The van der Waals surface area contributed by atoms with Crippen LogP contribution in [0.4, 0.5) is 8.78 Å². The zero-order valence-electron chi connectivity index (χ0n) is 8.37. The molecule has 0 aliphatic carbocycles. The second-order valence-electron chi connectivity index (χ2n) is 3.69. The van der Waals surface area contributed by atoms with Crippen LogP contribution in [0.2, 0.25) is 0 Å². The lowest BCUT2D eigenvalue weighted by molar-refractivity contribution is 0.573. The molecule has 1 rings (SSSR count). The predicted octanol–water partition coefficient (Wildman–Crippen LogP) is 2.82. The predicted molar refractivity (Wildman–Crippen MR) is 59.2 cm³/mol. The van der Waals surface area contributed by atoms with Crippen LogP contribution in [0.3, 0.4) is 0 Å². The summed E-state index contributed by atoms with van der Waals surface area (Å²) in [6, 6.07) is 2.45. The molecule has 0 aliphatic heterocycles. The van der Waals surface area contributed by atoms with Gasteiger partial charge in [-0.15, -0.1) is 0 Å². The summed E-state index contributed by atoms with van der Waals surface area (Å²) in [5.41, 5.74) is 4.55. The van der Waals surface area contributed by atoms with Crippen LogP contribution in [0, 0.1) is 23.5 Å². The van der Waals surface area contributed by atoms with Gasteiger partial charge in [0.1, 0.15) is 5.82 Å². The van der Waals surface area contributed by atoms with Crippen LogP contribution in [-0.4, -0.2) is 5.54 Å². The van der Waals surface area contributed by atoms with Gasteiger partial charge in [0.2, 0.25) is 0 Å². The largest absolute Gasteiger partial charge is 0.316 e. The van der Waals surface area contributed by atoms with Crippen LogP contribution in [0.25, 0.3) is 0 Å². The molecule has 0 aliphatic rings. The van der Waals surface area contributed by atoms with E-state index in [0.29, 0.717) is 0 Å². The topological polar surface area (TPSA) is 26.0 Å². The second kappa shape index (κ2) is 4.30. The number of benzene rings is 1. The molecule has 0 fully saturated rings. The fraction of sp³-hybridized carbons (Fsp3) is 0.273. The molecule has 0 unspecified atom stereocenters. The minimum atomic E-state index is -0.777. The Morgan fingerprint density at radius 2 is 1.93 bits per heavy atom. The molecule has 15 heavy (non-hydrogen) atoms. The fourth-order valence-electron chi connectivity index (χ4n) is 0.865. The molecular weight excluding hydrogens is 264 g/mol. The summed E-state index contributed by atoms with van der Waals surface area (Å²) in [4.78, 5) is 0. The molecule has 0 saturated carbocycles. The van der Waals surface area contributed by atoms with Gasteiger partial charge in [0.25, 0.3) is 0 Å². The highest BCUT2D eigenvalue weighted by Crippen LogP contribution is 2.20. The molecule has 4 heteroatoms. The molecule has 0 radical (unpaired) electrons. The average Bonchev–Trinajstić information content (AvgIpc) is 2.10. The minimum absolute atomic E-state index is 0.183. The molecule has 0 bridgehead atoms. The Kier molecular flexibility index (Phi) is 3.48. The van der Waals surface area contributed by atoms with Crippen molar-refractivity contribution in [1.29, 1.82) is 0 Å². The van der Waals surface area contributed by atoms with E-state index >= 15 is 0 Å². The van der Waals surface area contributed by atoms with E-state index < -0.39 is 17.2 Å². The van der Waals surface area contributed by atoms with Crippen LogP contribution in [-0.2, 0) is 0 Å². The Balaban J connectivity index is 3.25. The van der Waals surface area contributed by atoms with E-state index in [1.807, 2.05) is 0 Å². The van der Waals surface area contributed by atoms with E-state index in [2.05, 4.69) is 27.8 Å². The summed E-state index contributed by atoms with van der Waals surface area (Å²) < 4.78 is 26.8. The molecule has 0 heterocycles. The van der Waals surface area contributed by atoms with Crippen molar-refractivity contribution in [2.75, 3.05) is 0 Å². The maximum absolute atomic E-state index is 13.4. The zero-order chi connectivity index (χ0) is 11.6. The van der Waals surface area contributed by atoms with Gasteiger partial charge in [-0.25, -0.2) is 8.78 Å². The van der Waals surface area contributed by atoms with Crippen LogP contribution in [0.1, 0.15) is 19.4 Å². The van der Waals surface area contributed by atoms with E-state index in [1.54, 1.807) is 13.8 Å². The smallest absolute Gasteiger partial charge is 0.155 e. The molecule has 0 atom stereocenters. The number of hydrogen-bond donors (Lipinski definition) is 1. The Morgan fingerprint density at radius 3 is 2.47 bits per heavy atom. The van der Waals surface area contributed by atoms with Crippen molar-refractivity contribution in [2.24, 2.45) is 5.73 Å². The van der Waals surface area contributed by atoms with Crippen molar-refractivity contribution < 1.29 is 8.78 Å². The highest BCUT2D eigenvalue weighted by molar-refractivity contribution is 9.10. The van der Waals surface area contributed by atoms with Crippen molar-refractivity contribution in [2.45, 2.75) is 19.4 Å². The monoisotopic (exact) mass is 273 g/mol. The first-order valence-corrected chi connectivity index (χ1v) is 5.06. The van der Waals surface area contributed by atoms with Crippen molar-refractivity contribution in [3.63, 3.8) is 0 Å². The lowest BCUT2D eigenvalue weighted by atomic mass is 10.1. The van der Waals surface area contributed by atoms with Crippen molar-refractivity contribution in [1.82, 2.24) is 0 Å². The number of rotatable bonds is 0. The van der Waals surface area contributed by atoms with E-state index in [0.717, 1.165) is 6.07 Å². The summed E-state index contributed by atoms with van der Waals surface area (Å²) in [5, 5.41) is 0. The zero-order valence-corrected chi connectivity index (χ0v) is 9.95. The normalized spacial score (nSPS) is 10.8. The first-order valence-electron chi connectivity index (χ1n) is 4.27. The van der Waals surface area contributed by atoms with Gasteiger partial charge < -0.3 is 5.73 Å². The van der Waals surface area contributed by atoms with Gasteiger partial charge >= 0.3 is 0 Å². The van der Waals surface area contributed by atoms with E-state index in [-0.39, 0.29) is 10.0 Å². The average molecular weight is 274 g/mol. The summed E-state index contributed by atoms with van der Waals surface area (Å²) >= 11 is 2.96. The van der Waals surface area contributed by atoms with Crippen LogP contribution in [0.5, 0.6) is 0 Å². The molecule has 0 amide bonds. The van der Waals surface area contributed by atoms with Gasteiger partial charge in [-0.2, -0.15) is 0 Å². The Bertz CT molecular complexity index is 438. The lowest BCUT2D eigenvalue weighted by Crippen LogP contribution is -2.29. The Hall–Kier alpha value is -0.920. The first-order chi connectivity index (χ1) is 6.81. The molecular formula is C11H10BrF2N. The summed E-state index contributed by atoms with van der Waals surface area (Å²) in [5.74, 6) is 3.59. The molecule has 1 nitrogen and oxygen atoms in total. The molecule has 0 spiro atoms. The minimum Gasteiger partial charge on any atom is -0.316 e. The van der Waals surface area contributed by atoms with E-state index in [9.17, 15) is 8.78 Å².